The van der Waals surface area contributed by atoms with Crippen molar-refractivity contribution >= 4 is 0 Å². The highest BCUT2D eigenvalue weighted by atomic mass is 19.3. The van der Waals surface area contributed by atoms with E-state index in [2.05, 4.69) is 0 Å². The number of hydrogen-bond donors (Lipinski definition) is 1. The Bertz CT molecular complexity index is 172. The fourth-order valence-electron chi connectivity index (χ4n) is 0.817. The predicted octanol–water partition coefficient (Wildman–Crippen LogP) is 1.36. The molecule has 0 heterocycles. The van der Waals surface area contributed by atoms with Crippen molar-refractivity contribution in [2.45, 2.75) is 5.92 Å². The van der Waals surface area contributed by atoms with Gasteiger partial charge in [0.1, 0.15) is 0 Å². The summed E-state index contributed by atoms with van der Waals surface area (Å²) in [6.45, 7) is -0.506. The van der Waals surface area contributed by atoms with Gasteiger partial charge >= 0.3 is 0 Å². The van der Waals surface area contributed by atoms with Crippen molar-refractivity contribution in [1.82, 2.24) is 0 Å². The number of aliphatic hydroxyl groups excluding tert-OH is 1. The third-order valence-electron chi connectivity index (χ3n) is 1.46. The molecule has 0 amide bonds. The van der Waals surface area contributed by atoms with Gasteiger partial charge in [-0.05, 0) is 6.08 Å². The third-order valence-corrected chi connectivity index (χ3v) is 1.46. The standard InChI is InChI=1S/C7H8F2O/c8-7(9)4-2-1-3-6(7)5-10/h1-4,6,10H,5H2/t6-/m0/s1. The minimum absolute atomic E-state index is 0.506. The summed E-state index contributed by atoms with van der Waals surface area (Å²) in [6.07, 6.45) is 4.90. The van der Waals surface area contributed by atoms with Gasteiger partial charge in [-0.25, -0.2) is 8.78 Å². The maximum Gasteiger partial charge on any atom is 0.275 e. The first-order valence-corrected chi connectivity index (χ1v) is 3.01. The third kappa shape index (κ3) is 1.24. The van der Waals surface area contributed by atoms with E-state index < -0.39 is 18.4 Å². The van der Waals surface area contributed by atoms with Crippen molar-refractivity contribution in [2.24, 2.45) is 5.92 Å². The summed E-state index contributed by atoms with van der Waals surface area (Å²) in [5.74, 6) is -3.92. The molecule has 1 nitrogen and oxygen atoms in total. The van der Waals surface area contributed by atoms with E-state index in [0.717, 1.165) is 6.08 Å². The highest BCUT2D eigenvalue weighted by molar-refractivity contribution is 5.18. The summed E-state index contributed by atoms with van der Waals surface area (Å²) in [4.78, 5) is 0. The smallest absolute Gasteiger partial charge is 0.275 e. The number of rotatable bonds is 1. The van der Waals surface area contributed by atoms with Crippen LogP contribution < -0.4 is 0 Å². The average molecular weight is 146 g/mol. The van der Waals surface area contributed by atoms with E-state index >= 15 is 0 Å². The molecule has 0 saturated heterocycles. The van der Waals surface area contributed by atoms with Gasteiger partial charge in [-0.15, -0.1) is 0 Å². The largest absolute Gasteiger partial charge is 0.396 e. The van der Waals surface area contributed by atoms with E-state index in [-0.39, 0.29) is 0 Å². The van der Waals surface area contributed by atoms with Gasteiger partial charge in [-0.1, -0.05) is 18.2 Å². The van der Waals surface area contributed by atoms with Gasteiger partial charge in [0.25, 0.3) is 5.92 Å². The molecule has 1 aliphatic carbocycles. The van der Waals surface area contributed by atoms with Crippen LogP contribution in [0, 0.1) is 5.92 Å². The number of hydrogen-bond acceptors (Lipinski definition) is 1. The van der Waals surface area contributed by atoms with Gasteiger partial charge in [0, 0.05) is 0 Å². The summed E-state index contributed by atoms with van der Waals surface area (Å²) in [6, 6.07) is 0. The number of aliphatic hydroxyl groups is 1. The van der Waals surface area contributed by atoms with Gasteiger partial charge < -0.3 is 5.11 Å². The second-order valence-corrected chi connectivity index (χ2v) is 2.21. The fraction of sp³-hybridized carbons (Fsp3) is 0.429. The summed E-state index contributed by atoms with van der Waals surface area (Å²) in [5, 5.41) is 8.46. The lowest BCUT2D eigenvalue weighted by atomic mass is 9.98. The zero-order chi connectivity index (χ0) is 7.61. The molecule has 0 aliphatic heterocycles. The normalized spacial score (nSPS) is 28.9. The highest BCUT2D eigenvalue weighted by Crippen LogP contribution is 2.29. The minimum atomic E-state index is -2.87. The lowest BCUT2D eigenvalue weighted by Crippen LogP contribution is -2.28. The van der Waals surface area contributed by atoms with Gasteiger partial charge in [-0.3, -0.25) is 0 Å². The van der Waals surface area contributed by atoms with Crippen molar-refractivity contribution in [3.8, 4) is 0 Å². The zero-order valence-corrected chi connectivity index (χ0v) is 5.30. The van der Waals surface area contributed by atoms with Crippen LogP contribution in [0.2, 0.25) is 0 Å². The van der Waals surface area contributed by atoms with Crippen LogP contribution in [0.25, 0.3) is 0 Å². The summed E-state index contributed by atoms with van der Waals surface area (Å²) >= 11 is 0. The van der Waals surface area contributed by atoms with Crippen molar-refractivity contribution in [3.05, 3.63) is 24.3 Å². The first-order chi connectivity index (χ1) is 4.67. The predicted molar refractivity (Wildman–Crippen MR) is 33.8 cm³/mol. The van der Waals surface area contributed by atoms with Crippen LogP contribution in [-0.2, 0) is 0 Å². The Labute approximate surface area is 57.7 Å². The van der Waals surface area contributed by atoms with Crippen molar-refractivity contribution < 1.29 is 13.9 Å². The monoisotopic (exact) mass is 146 g/mol. The zero-order valence-electron chi connectivity index (χ0n) is 5.30. The molecule has 0 fully saturated rings. The maximum absolute atomic E-state index is 12.6. The van der Waals surface area contributed by atoms with Crippen LogP contribution in [0.3, 0.4) is 0 Å². The molecule has 0 bridgehead atoms. The minimum Gasteiger partial charge on any atom is -0.396 e. The quantitative estimate of drug-likeness (QED) is 0.592. The first-order valence-electron chi connectivity index (χ1n) is 3.01. The Morgan fingerprint density at radius 3 is 2.50 bits per heavy atom. The summed E-state index contributed by atoms with van der Waals surface area (Å²) in [5.41, 5.74) is 0. The molecule has 0 unspecified atom stereocenters. The molecule has 0 aromatic carbocycles. The number of alkyl halides is 2. The Balaban J connectivity index is 2.74. The number of halogens is 2. The second kappa shape index (κ2) is 2.50. The molecular formula is C7H8F2O. The second-order valence-electron chi connectivity index (χ2n) is 2.21. The summed E-state index contributed by atoms with van der Waals surface area (Å²) in [7, 11) is 0. The Morgan fingerprint density at radius 2 is 2.10 bits per heavy atom. The molecule has 0 radical (unpaired) electrons. The van der Waals surface area contributed by atoms with E-state index in [4.69, 9.17) is 5.11 Å². The van der Waals surface area contributed by atoms with Gasteiger partial charge in [-0.2, -0.15) is 0 Å². The molecule has 56 valence electrons. The molecule has 0 aromatic heterocycles. The molecule has 1 N–H and O–H groups in total. The SMILES string of the molecule is OC[C@@H]1C=CC=CC1(F)F. The molecular weight excluding hydrogens is 138 g/mol. The topological polar surface area (TPSA) is 20.2 Å². The Morgan fingerprint density at radius 1 is 1.40 bits per heavy atom. The Kier molecular flexibility index (Phi) is 1.85. The highest BCUT2D eigenvalue weighted by Gasteiger charge is 2.35. The molecule has 3 heteroatoms. The van der Waals surface area contributed by atoms with E-state index in [1.54, 1.807) is 0 Å². The van der Waals surface area contributed by atoms with E-state index in [1.807, 2.05) is 0 Å². The molecule has 1 rings (SSSR count). The van der Waals surface area contributed by atoms with E-state index in [1.165, 1.54) is 18.2 Å². The summed E-state index contributed by atoms with van der Waals surface area (Å²) < 4.78 is 25.1. The van der Waals surface area contributed by atoms with Gasteiger partial charge in [0.2, 0.25) is 0 Å². The molecule has 1 atom stereocenters. The van der Waals surface area contributed by atoms with Gasteiger partial charge in [0.15, 0.2) is 0 Å². The molecule has 0 saturated carbocycles. The fourth-order valence-corrected chi connectivity index (χ4v) is 0.817. The average Bonchev–Trinajstić information content (AvgIpc) is 1.87. The van der Waals surface area contributed by atoms with Crippen LogP contribution in [0.4, 0.5) is 8.78 Å². The molecule has 10 heavy (non-hydrogen) atoms. The van der Waals surface area contributed by atoms with Crippen LogP contribution in [0.5, 0.6) is 0 Å². The van der Waals surface area contributed by atoms with Crippen LogP contribution in [-0.4, -0.2) is 17.6 Å². The molecule has 1 aliphatic rings. The van der Waals surface area contributed by atoms with Crippen molar-refractivity contribution in [1.29, 1.82) is 0 Å². The van der Waals surface area contributed by atoms with Crippen LogP contribution >= 0.6 is 0 Å². The van der Waals surface area contributed by atoms with Crippen LogP contribution in [0.15, 0.2) is 24.3 Å². The van der Waals surface area contributed by atoms with Crippen LogP contribution in [0.1, 0.15) is 0 Å². The first kappa shape index (κ1) is 7.41. The van der Waals surface area contributed by atoms with Crippen molar-refractivity contribution in [3.63, 3.8) is 0 Å². The molecule has 0 spiro atoms. The number of allylic oxidation sites excluding steroid dienone is 3. The van der Waals surface area contributed by atoms with E-state index in [0.29, 0.717) is 0 Å². The van der Waals surface area contributed by atoms with Gasteiger partial charge in [0.05, 0.1) is 12.5 Å². The van der Waals surface area contributed by atoms with Crippen molar-refractivity contribution in [2.75, 3.05) is 6.61 Å². The van der Waals surface area contributed by atoms with E-state index in [9.17, 15) is 8.78 Å². The lowest BCUT2D eigenvalue weighted by Gasteiger charge is -2.20. The Hall–Kier alpha value is -0.700. The molecule has 0 aromatic rings. The maximum atomic E-state index is 12.6. The lowest BCUT2D eigenvalue weighted by molar-refractivity contribution is -0.0122.